The summed E-state index contributed by atoms with van der Waals surface area (Å²) in [5, 5.41) is 17.4. The maximum absolute atomic E-state index is 11.7. The van der Waals surface area contributed by atoms with Crippen molar-refractivity contribution in [3.63, 3.8) is 0 Å². The first kappa shape index (κ1) is 11.0. The van der Waals surface area contributed by atoms with Crippen LogP contribution in [0.15, 0.2) is 11.3 Å². The minimum Gasteiger partial charge on any atom is -0.511 e. The SMILES string of the molecule is CC(=N)C1=C(O)C(C)(C)CC(C)C1=O. The molecule has 3 nitrogen and oxygen atoms in total. The molecular formula is C11H17NO2. The highest BCUT2D eigenvalue weighted by Crippen LogP contribution is 2.39. The first-order valence-electron chi connectivity index (χ1n) is 4.81. The molecular weight excluding hydrogens is 178 g/mol. The van der Waals surface area contributed by atoms with E-state index >= 15 is 0 Å². The van der Waals surface area contributed by atoms with E-state index in [0.717, 1.165) is 0 Å². The number of aliphatic hydroxyl groups excluding tert-OH is 1. The van der Waals surface area contributed by atoms with Crippen molar-refractivity contribution < 1.29 is 9.90 Å². The number of Topliss-reactive ketones (excluding diaryl/α,β-unsaturated/α-hetero) is 1. The van der Waals surface area contributed by atoms with Crippen molar-refractivity contribution in [3.8, 4) is 0 Å². The standard InChI is InChI=1S/C11H17NO2/c1-6-5-11(3,4)10(14)8(7(2)12)9(6)13/h6,12,14H,5H2,1-4H3. The Balaban J connectivity index is 3.30. The number of nitrogens with one attached hydrogen (secondary N) is 1. The van der Waals surface area contributed by atoms with E-state index < -0.39 is 0 Å². The Bertz CT molecular complexity index is 326. The van der Waals surface area contributed by atoms with Gasteiger partial charge in [0.15, 0.2) is 5.78 Å². The van der Waals surface area contributed by atoms with E-state index in [1.807, 2.05) is 20.8 Å². The van der Waals surface area contributed by atoms with E-state index in [9.17, 15) is 9.90 Å². The van der Waals surface area contributed by atoms with Gasteiger partial charge in [0, 0.05) is 17.0 Å². The smallest absolute Gasteiger partial charge is 0.170 e. The molecule has 1 aliphatic rings. The van der Waals surface area contributed by atoms with E-state index in [-0.39, 0.29) is 34.2 Å². The minimum atomic E-state index is -0.384. The number of ketones is 1. The number of carbonyl (C=O) groups is 1. The van der Waals surface area contributed by atoms with Gasteiger partial charge in [0.05, 0.1) is 5.57 Å². The second-order valence-corrected chi connectivity index (χ2v) is 4.70. The highest BCUT2D eigenvalue weighted by atomic mass is 16.3. The van der Waals surface area contributed by atoms with Crippen LogP contribution < -0.4 is 0 Å². The molecule has 0 aromatic carbocycles. The summed E-state index contributed by atoms with van der Waals surface area (Å²) in [6, 6.07) is 0. The van der Waals surface area contributed by atoms with Crippen molar-refractivity contribution in [2.24, 2.45) is 11.3 Å². The fourth-order valence-corrected chi connectivity index (χ4v) is 2.02. The zero-order chi connectivity index (χ0) is 11.1. The Hall–Kier alpha value is -1.12. The normalized spacial score (nSPS) is 26.6. The number of carbonyl (C=O) groups excluding carboxylic acids is 1. The Labute approximate surface area is 84.3 Å². The lowest BCUT2D eigenvalue weighted by atomic mass is 9.71. The number of hydrogen-bond donors (Lipinski definition) is 2. The number of allylic oxidation sites excluding steroid dienone is 2. The molecule has 0 aliphatic heterocycles. The average molecular weight is 195 g/mol. The molecule has 0 aromatic rings. The Morgan fingerprint density at radius 1 is 1.57 bits per heavy atom. The third-order valence-corrected chi connectivity index (χ3v) is 2.76. The van der Waals surface area contributed by atoms with Gasteiger partial charge in [-0.05, 0) is 13.3 Å². The molecule has 0 amide bonds. The molecule has 0 spiro atoms. The molecule has 0 saturated carbocycles. The Morgan fingerprint density at radius 3 is 2.50 bits per heavy atom. The van der Waals surface area contributed by atoms with Crippen LogP contribution in [0.1, 0.15) is 34.1 Å². The zero-order valence-electron chi connectivity index (χ0n) is 9.14. The van der Waals surface area contributed by atoms with Crippen molar-refractivity contribution in [1.82, 2.24) is 0 Å². The monoisotopic (exact) mass is 195 g/mol. The van der Waals surface area contributed by atoms with E-state index in [1.54, 1.807) is 0 Å². The van der Waals surface area contributed by atoms with Crippen LogP contribution in [-0.2, 0) is 4.79 Å². The molecule has 0 bridgehead atoms. The molecule has 0 fully saturated rings. The van der Waals surface area contributed by atoms with Gasteiger partial charge >= 0.3 is 0 Å². The van der Waals surface area contributed by atoms with E-state index in [1.165, 1.54) is 6.92 Å². The lowest BCUT2D eigenvalue weighted by molar-refractivity contribution is -0.120. The van der Waals surface area contributed by atoms with Gasteiger partial charge in [-0.15, -0.1) is 0 Å². The summed E-state index contributed by atoms with van der Waals surface area (Å²) in [7, 11) is 0. The van der Waals surface area contributed by atoms with Crippen LogP contribution >= 0.6 is 0 Å². The first-order chi connectivity index (χ1) is 6.27. The van der Waals surface area contributed by atoms with Crippen LogP contribution in [0.2, 0.25) is 0 Å². The number of hydrogen-bond acceptors (Lipinski definition) is 3. The van der Waals surface area contributed by atoms with Crippen LogP contribution in [0, 0.1) is 16.7 Å². The first-order valence-corrected chi connectivity index (χ1v) is 4.81. The molecule has 1 aliphatic carbocycles. The molecule has 2 N–H and O–H groups in total. The summed E-state index contributed by atoms with van der Waals surface area (Å²) in [5.74, 6) is -0.126. The summed E-state index contributed by atoms with van der Waals surface area (Å²) in [5.41, 5.74) is -0.00815. The third kappa shape index (κ3) is 1.59. The highest BCUT2D eigenvalue weighted by molar-refractivity contribution is 6.22. The van der Waals surface area contributed by atoms with Gasteiger partial charge in [0.1, 0.15) is 5.76 Å². The van der Waals surface area contributed by atoms with E-state index in [0.29, 0.717) is 6.42 Å². The van der Waals surface area contributed by atoms with Gasteiger partial charge < -0.3 is 10.5 Å². The lowest BCUT2D eigenvalue weighted by Crippen LogP contribution is -2.34. The third-order valence-electron chi connectivity index (χ3n) is 2.76. The fourth-order valence-electron chi connectivity index (χ4n) is 2.02. The van der Waals surface area contributed by atoms with Crippen LogP contribution in [-0.4, -0.2) is 16.6 Å². The van der Waals surface area contributed by atoms with Gasteiger partial charge in [-0.2, -0.15) is 0 Å². The molecule has 0 saturated heterocycles. The molecule has 0 radical (unpaired) electrons. The number of rotatable bonds is 1. The second-order valence-electron chi connectivity index (χ2n) is 4.70. The second kappa shape index (κ2) is 3.23. The molecule has 3 heteroatoms. The molecule has 0 aromatic heterocycles. The summed E-state index contributed by atoms with van der Waals surface area (Å²) >= 11 is 0. The maximum Gasteiger partial charge on any atom is 0.170 e. The van der Waals surface area contributed by atoms with Crippen molar-refractivity contribution in [1.29, 1.82) is 5.41 Å². The summed E-state index contributed by atoms with van der Waals surface area (Å²) in [4.78, 5) is 11.7. The zero-order valence-corrected chi connectivity index (χ0v) is 9.14. The molecule has 14 heavy (non-hydrogen) atoms. The van der Waals surface area contributed by atoms with Crippen LogP contribution in [0.4, 0.5) is 0 Å². The molecule has 1 rings (SSSR count). The van der Waals surface area contributed by atoms with Crippen molar-refractivity contribution >= 4 is 11.5 Å². The average Bonchev–Trinajstić information content (AvgIpc) is 2.00. The topological polar surface area (TPSA) is 61.1 Å². The van der Waals surface area contributed by atoms with Crippen molar-refractivity contribution in [3.05, 3.63) is 11.3 Å². The van der Waals surface area contributed by atoms with Gasteiger partial charge in [-0.25, -0.2) is 0 Å². The van der Waals surface area contributed by atoms with Gasteiger partial charge in [-0.1, -0.05) is 20.8 Å². The van der Waals surface area contributed by atoms with Gasteiger partial charge in [0.2, 0.25) is 0 Å². The van der Waals surface area contributed by atoms with Crippen molar-refractivity contribution in [2.45, 2.75) is 34.1 Å². The number of aliphatic hydroxyl groups is 1. The van der Waals surface area contributed by atoms with Crippen molar-refractivity contribution in [2.75, 3.05) is 0 Å². The largest absolute Gasteiger partial charge is 0.511 e. The summed E-state index contributed by atoms with van der Waals surface area (Å²) in [6.45, 7) is 7.18. The van der Waals surface area contributed by atoms with Gasteiger partial charge in [0.25, 0.3) is 0 Å². The maximum atomic E-state index is 11.7. The molecule has 1 unspecified atom stereocenters. The van der Waals surface area contributed by atoms with Crippen LogP contribution in [0.3, 0.4) is 0 Å². The molecule has 78 valence electrons. The highest BCUT2D eigenvalue weighted by Gasteiger charge is 2.39. The summed E-state index contributed by atoms with van der Waals surface area (Å²) in [6.07, 6.45) is 0.647. The predicted molar refractivity (Wildman–Crippen MR) is 55.6 cm³/mol. The lowest BCUT2D eigenvalue weighted by Gasteiger charge is -2.33. The van der Waals surface area contributed by atoms with E-state index in [4.69, 9.17) is 5.41 Å². The fraction of sp³-hybridized carbons (Fsp3) is 0.636. The Morgan fingerprint density at radius 2 is 2.07 bits per heavy atom. The predicted octanol–water partition coefficient (Wildman–Crippen LogP) is 2.47. The summed E-state index contributed by atoms with van der Waals surface area (Å²) < 4.78 is 0. The minimum absolute atomic E-state index is 0.0769. The molecule has 1 atom stereocenters. The van der Waals surface area contributed by atoms with E-state index in [2.05, 4.69) is 0 Å². The Kier molecular flexibility index (Phi) is 2.52. The van der Waals surface area contributed by atoms with Crippen LogP contribution in [0.5, 0.6) is 0 Å². The molecule has 0 heterocycles. The van der Waals surface area contributed by atoms with Gasteiger partial charge in [-0.3, -0.25) is 4.79 Å². The van der Waals surface area contributed by atoms with Crippen LogP contribution in [0.25, 0.3) is 0 Å². The quantitative estimate of drug-likeness (QED) is 0.631.